The van der Waals surface area contributed by atoms with Gasteiger partial charge >= 0.3 is 0 Å². The van der Waals surface area contributed by atoms with E-state index in [2.05, 4.69) is 18.2 Å². The van der Waals surface area contributed by atoms with Crippen molar-refractivity contribution in [2.45, 2.75) is 0 Å². The number of nitrogens with zero attached hydrogens (tertiary/aromatic N) is 1. The molecular formula is C16H12BN. The average Bonchev–Trinajstić information content (AvgIpc) is 2.47. The van der Waals surface area contributed by atoms with Crippen molar-refractivity contribution in [3.63, 3.8) is 0 Å². The maximum atomic E-state index is 6.22. The van der Waals surface area contributed by atoms with E-state index in [-0.39, 0.29) is 0 Å². The SMILES string of the molecule is [B]N(c1ccccc1)c1cccc2ccccc12. The minimum Gasteiger partial charge on any atom is -0.397 e. The summed E-state index contributed by atoms with van der Waals surface area (Å²) in [6.45, 7) is 0. The van der Waals surface area contributed by atoms with Crippen molar-refractivity contribution in [3.8, 4) is 0 Å². The Balaban J connectivity index is 2.15. The average molecular weight is 229 g/mol. The predicted molar refractivity (Wildman–Crippen MR) is 78.3 cm³/mol. The van der Waals surface area contributed by atoms with Gasteiger partial charge in [0.1, 0.15) is 0 Å². The first-order valence-electron chi connectivity index (χ1n) is 5.94. The molecule has 1 nitrogen and oxygen atoms in total. The van der Waals surface area contributed by atoms with E-state index in [1.165, 1.54) is 5.39 Å². The molecule has 0 N–H and O–H groups in total. The number of fused-ring (bicyclic) bond motifs is 1. The van der Waals surface area contributed by atoms with Crippen LogP contribution in [-0.2, 0) is 0 Å². The van der Waals surface area contributed by atoms with Crippen LogP contribution in [0.25, 0.3) is 10.8 Å². The number of hydrogen-bond donors (Lipinski definition) is 0. The van der Waals surface area contributed by atoms with E-state index in [0.717, 1.165) is 16.8 Å². The van der Waals surface area contributed by atoms with Crippen LogP contribution in [-0.4, -0.2) is 7.98 Å². The Bertz CT molecular complexity index is 659. The highest BCUT2D eigenvalue weighted by Crippen LogP contribution is 2.30. The smallest absolute Gasteiger partial charge is 0.234 e. The molecule has 0 aliphatic rings. The van der Waals surface area contributed by atoms with E-state index < -0.39 is 0 Å². The third kappa shape index (κ3) is 1.86. The van der Waals surface area contributed by atoms with Gasteiger partial charge in [-0.2, -0.15) is 0 Å². The molecule has 0 aromatic heterocycles. The van der Waals surface area contributed by atoms with Gasteiger partial charge in [-0.15, -0.1) is 0 Å². The van der Waals surface area contributed by atoms with Crippen molar-refractivity contribution in [3.05, 3.63) is 72.8 Å². The van der Waals surface area contributed by atoms with Crippen molar-refractivity contribution >= 4 is 30.1 Å². The fraction of sp³-hybridized carbons (Fsp3) is 0. The standard InChI is InChI=1S/C16H12BN/c17-18(14-9-2-1-3-10-14)16-12-6-8-13-7-4-5-11-15(13)16/h1-12H. The fourth-order valence-corrected chi connectivity index (χ4v) is 2.15. The summed E-state index contributed by atoms with van der Waals surface area (Å²) in [7, 11) is 6.22. The minimum atomic E-state index is 0.980. The van der Waals surface area contributed by atoms with Gasteiger partial charge in [0.2, 0.25) is 7.98 Å². The van der Waals surface area contributed by atoms with E-state index >= 15 is 0 Å². The molecule has 3 aromatic carbocycles. The molecule has 0 heterocycles. The highest BCUT2D eigenvalue weighted by Gasteiger charge is 2.06. The molecule has 2 heteroatoms. The van der Waals surface area contributed by atoms with Gasteiger partial charge in [-0.25, -0.2) is 0 Å². The summed E-state index contributed by atoms with van der Waals surface area (Å²) >= 11 is 0. The lowest BCUT2D eigenvalue weighted by molar-refractivity contribution is 1.44. The Kier molecular flexibility index (Phi) is 2.77. The van der Waals surface area contributed by atoms with Gasteiger partial charge < -0.3 is 4.81 Å². The van der Waals surface area contributed by atoms with Gasteiger partial charge in [0.25, 0.3) is 0 Å². The molecule has 84 valence electrons. The molecule has 0 aliphatic heterocycles. The largest absolute Gasteiger partial charge is 0.397 e. The minimum absolute atomic E-state index is 0.980. The zero-order valence-electron chi connectivity index (χ0n) is 9.95. The molecular weight excluding hydrogens is 217 g/mol. The van der Waals surface area contributed by atoms with Crippen LogP contribution in [0.2, 0.25) is 0 Å². The number of para-hydroxylation sites is 1. The van der Waals surface area contributed by atoms with Gasteiger partial charge in [-0.1, -0.05) is 54.6 Å². The van der Waals surface area contributed by atoms with Crippen molar-refractivity contribution < 1.29 is 0 Å². The molecule has 3 aromatic rings. The molecule has 0 amide bonds. The van der Waals surface area contributed by atoms with Gasteiger partial charge in [0.15, 0.2) is 0 Å². The molecule has 2 radical (unpaired) electrons. The lowest BCUT2D eigenvalue weighted by atomic mass is 10.1. The first kappa shape index (κ1) is 10.9. The van der Waals surface area contributed by atoms with Crippen LogP contribution >= 0.6 is 0 Å². The summed E-state index contributed by atoms with van der Waals surface area (Å²) in [4.78, 5) is 1.72. The summed E-state index contributed by atoms with van der Waals surface area (Å²) in [5, 5.41) is 2.35. The van der Waals surface area contributed by atoms with Crippen LogP contribution in [0.1, 0.15) is 0 Å². The highest BCUT2D eigenvalue weighted by molar-refractivity contribution is 6.24. The van der Waals surface area contributed by atoms with Crippen molar-refractivity contribution in [2.75, 3.05) is 4.81 Å². The lowest BCUT2D eigenvalue weighted by Crippen LogP contribution is -2.11. The number of hydrogen-bond acceptors (Lipinski definition) is 1. The predicted octanol–water partition coefficient (Wildman–Crippen LogP) is 4.06. The monoisotopic (exact) mass is 229 g/mol. The molecule has 0 spiro atoms. The van der Waals surface area contributed by atoms with E-state index in [0.29, 0.717) is 0 Å². The lowest BCUT2D eigenvalue weighted by Gasteiger charge is -2.22. The van der Waals surface area contributed by atoms with E-state index in [1.807, 2.05) is 54.6 Å². The van der Waals surface area contributed by atoms with E-state index in [4.69, 9.17) is 7.98 Å². The van der Waals surface area contributed by atoms with Gasteiger partial charge in [0, 0.05) is 16.8 Å². The maximum absolute atomic E-state index is 6.22. The number of benzene rings is 3. The number of rotatable bonds is 2. The molecule has 0 aliphatic carbocycles. The zero-order chi connectivity index (χ0) is 12.4. The maximum Gasteiger partial charge on any atom is 0.234 e. The zero-order valence-corrected chi connectivity index (χ0v) is 9.95. The second-order valence-corrected chi connectivity index (χ2v) is 4.20. The van der Waals surface area contributed by atoms with Crippen LogP contribution < -0.4 is 4.81 Å². The summed E-state index contributed by atoms with van der Waals surface area (Å²) in [6.07, 6.45) is 0. The Labute approximate surface area is 108 Å². The summed E-state index contributed by atoms with van der Waals surface area (Å²) < 4.78 is 0. The van der Waals surface area contributed by atoms with Crippen LogP contribution in [0.4, 0.5) is 11.4 Å². The highest BCUT2D eigenvalue weighted by atomic mass is 15.0. The van der Waals surface area contributed by atoms with Gasteiger partial charge in [-0.05, 0) is 23.6 Å². The second-order valence-electron chi connectivity index (χ2n) is 4.20. The van der Waals surface area contributed by atoms with E-state index in [1.54, 1.807) is 4.81 Å². The van der Waals surface area contributed by atoms with Crippen molar-refractivity contribution in [1.29, 1.82) is 0 Å². The fourth-order valence-electron chi connectivity index (χ4n) is 2.15. The van der Waals surface area contributed by atoms with Crippen LogP contribution in [0.5, 0.6) is 0 Å². The third-order valence-electron chi connectivity index (χ3n) is 3.06. The molecule has 0 saturated carbocycles. The molecule has 0 unspecified atom stereocenters. The van der Waals surface area contributed by atoms with Crippen molar-refractivity contribution in [2.24, 2.45) is 0 Å². The molecule has 0 atom stereocenters. The van der Waals surface area contributed by atoms with E-state index in [9.17, 15) is 0 Å². The molecule has 0 fully saturated rings. The topological polar surface area (TPSA) is 3.24 Å². The Morgan fingerprint density at radius 1 is 0.667 bits per heavy atom. The molecule has 18 heavy (non-hydrogen) atoms. The normalized spacial score (nSPS) is 10.4. The molecule has 3 rings (SSSR count). The van der Waals surface area contributed by atoms with Crippen LogP contribution in [0, 0.1) is 0 Å². The number of anilines is 2. The van der Waals surface area contributed by atoms with Crippen LogP contribution in [0.3, 0.4) is 0 Å². The first-order chi connectivity index (χ1) is 8.86. The Morgan fingerprint density at radius 3 is 2.17 bits per heavy atom. The third-order valence-corrected chi connectivity index (χ3v) is 3.06. The Hall–Kier alpha value is -2.22. The summed E-state index contributed by atoms with van der Waals surface area (Å²) in [5.74, 6) is 0. The van der Waals surface area contributed by atoms with Crippen molar-refractivity contribution in [1.82, 2.24) is 0 Å². The first-order valence-corrected chi connectivity index (χ1v) is 5.94. The van der Waals surface area contributed by atoms with Gasteiger partial charge in [0.05, 0.1) is 0 Å². The summed E-state index contributed by atoms with van der Waals surface area (Å²) in [6, 6.07) is 24.4. The Morgan fingerprint density at radius 2 is 1.33 bits per heavy atom. The molecule has 0 saturated heterocycles. The molecule has 0 bridgehead atoms. The quantitative estimate of drug-likeness (QED) is 0.599. The second kappa shape index (κ2) is 4.57. The summed E-state index contributed by atoms with van der Waals surface area (Å²) in [5.41, 5.74) is 1.99. The van der Waals surface area contributed by atoms with Gasteiger partial charge in [-0.3, -0.25) is 0 Å². The van der Waals surface area contributed by atoms with Crippen LogP contribution in [0.15, 0.2) is 72.8 Å².